The minimum Gasteiger partial charge on any atom is -0.324 e. The fourth-order valence-electron chi connectivity index (χ4n) is 3.85. The molecule has 3 nitrogen and oxygen atoms in total. The van der Waals surface area contributed by atoms with E-state index in [0.717, 1.165) is 11.1 Å². The van der Waals surface area contributed by atoms with Gasteiger partial charge < -0.3 is 4.90 Å². The van der Waals surface area contributed by atoms with E-state index in [0.29, 0.717) is 18.4 Å². The molecule has 0 aliphatic carbocycles. The summed E-state index contributed by atoms with van der Waals surface area (Å²) in [4.78, 5) is 28.0. The molecule has 1 saturated heterocycles. The maximum absolute atomic E-state index is 13.5. The van der Waals surface area contributed by atoms with Crippen LogP contribution in [0.25, 0.3) is 0 Å². The maximum atomic E-state index is 13.5. The summed E-state index contributed by atoms with van der Waals surface area (Å²) in [5.74, 6) is 0.153. The molecule has 0 saturated carbocycles. The van der Waals surface area contributed by atoms with E-state index in [1.165, 1.54) is 0 Å². The zero-order valence-corrected chi connectivity index (χ0v) is 15.0. The topological polar surface area (TPSA) is 37.4 Å². The van der Waals surface area contributed by atoms with E-state index in [1.54, 1.807) is 0 Å². The van der Waals surface area contributed by atoms with Crippen LogP contribution in [0.15, 0.2) is 91.0 Å². The smallest absolute Gasteiger partial charge is 0.254 e. The molecule has 0 radical (unpaired) electrons. The Morgan fingerprint density at radius 2 is 1.07 bits per heavy atom. The normalized spacial score (nSPS) is 19.7. The number of rotatable bonds is 3. The van der Waals surface area contributed by atoms with Crippen LogP contribution in [-0.2, 0) is 4.79 Å². The number of amides is 1. The maximum Gasteiger partial charge on any atom is 0.254 e. The number of hydrogen-bond acceptors (Lipinski definition) is 2. The van der Waals surface area contributed by atoms with Crippen LogP contribution < -0.4 is 0 Å². The Hall–Kier alpha value is -3.20. The van der Waals surface area contributed by atoms with Crippen molar-refractivity contribution in [2.24, 2.45) is 0 Å². The third-order valence-corrected chi connectivity index (χ3v) is 5.14. The fourth-order valence-corrected chi connectivity index (χ4v) is 3.85. The van der Waals surface area contributed by atoms with Crippen LogP contribution in [0.1, 0.15) is 46.4 Å². The number of hydrogen-bond donors (Lipinski definition) is 0. The van der Waals surface area contributed by atoms with E-state index >= 15 is 0 Å². The number of nitrogens with zero attached hydrogens (tertiary/aromatic N) is 1. The quantitative estimate of drug-likeness (QED) is 0.665. The predicted molar refractivity (Wildman–Crippen MR) is 105 cm³/mol. The summed E-state index contributed by atoms with van der Waals surface area (Å²) in [6.45, 7) is 0. The zero-order valence-electron chi connectivity index (χ0n) is 15.0. The molecule has 0 aromatic heterocycles. The first-order valence-corrected chi connectivity index (χ1v) is 9.23. The third kappa shape index (κ3) is 3.54. The van der Waals surface area contributed by atoms with Gasteiger partial charge in [-0.3, -0.25) is 9.59 Å². The first kappa shape index (κ1) is 17.2. The van der Waals surface area contributed by atoms with Crippen molar-refractivity contribution < 1.29 is 9.59 Å². The highest BCUT2D eigenvalue weighted by molar-refractivity contribution is 5.96. The molecular weight excluding hydrogens is 334 g/mol. The summed E-state index contributed by atoms with van der Waals surface area (Å²) in [7, 11) is 0. The van der Waals surface area contributed by atoms with Crippen molar-refractivity contribution in [2.45, 2.75) is 24.9 Å². The second kappa shape index (κ2) is 7.58. The number of Topliss-reactive ketones (excluding diaryl/α,β-unsaturated/α-hetero) is 1. The van der Waals surface area contributed by atoms with Gasteiger partial charge in [0.15, 0.2) is 0 Å². The number of benzene rings is 3. The summed E-state index contributed by atoms with van der Waals surface area (Å²) in [6, 6.07) is 28.5. The Morgan fingerprint density at radius 1 is 0.667 bits per heavy atom. The molecule has 2 atom stereocenters. The molecule has 3 aromatic carbocycles. The number of ketones is 1. The molecule has 4 rings (SSSR count). The van der Waals surface area contributed by atoms with Crippen molar-refractivity contribution in [3.63, 3.8) is 0 Å². The molecule has 1 fully saturated rings. The molecule has 27 heavy (non-hydrogen) atoms. The van der Waals surface area contributed by atoms with Crippen molar-refractivity contribution >= 4 is 11.7 Å². The summed E-state index contributed by atoms with van der Waals surface area (Å²) in [6.07, 6.45) is 0.706. The highest BCUT2D eigenvalue weighted by Crippen LogP contribution is 2.41. The van der Waals surface area contributed by atoms with Crippen LogP contribution >= 0.6 is 0 Å². The Kier molecular flexibility index (Phi) is 4.84. The average molecular weight is 355 g/mol. The zero-order chi connectivity index (χ0) is 18.6. The molecule has 1 aliphatic rings. The molecule has 1 amide bonds. The Morgan fingerprint density at radius 3 is 1.52 bits per heavy atom. The highest BCUT2D eigenvalue weighted by atomic mass is 16.2. The van der Waals surface area contributed by atoms with Crippen molar-refractivity contribution in [3.05, 3.63) is 108 Å². The van der Waals surface area contributed by atoms with Gasteiger partial charge in [0.2, 0.25) is 0 Å². The lowest BCUT2D eigenvalue weighted by Gasteiger charge is -2.42. The second-order valence-corrected chi connectivity index (χ2v) is 6.88. The summed E-state index contributed by atoms with van der Waals surface area (Å²) < 4.78 is 0. The molecule has 0 spiro atoms. The lowest BCUT2D eigenvalue weighted by molar-refractivity contribution is -0.124. The van der Waals surface area contributed by atoms with Crippen molar-refractivity contribution in [3.8, 4) is 0 Å². The molecule has 3 aromatic rings. The van der Waals surface area contributed by atoms with Gasteiger partial charge in [-0.25, -0.2) is 0 Å². The lowest BCUT2D eigenvalue weighted by atomic mass is 9.86. The molecule has 0 bridgehead atoms. The standard InChI is InChI=1S/C24H21NO2/c26-21-16-22(18-10-4-1-5-11-18)25(24(27)20-14-8-3-9-15-20)23(17-21)19-12-6-2-7-13-19/h1-15,22-23H,16-17H2. The first-order valence-electron chi connectivity index (χ1n) is 9.23. The van der Waals surface area contributed by atoms with Gasteiger partial charge >= 0.3 is 0 Å². The third-order valence-electron chi connectivity index (χ3n) is 5.14. The number of piperidine rings is 1. The Balaban J connectivity index is 1.81. The molecule has 2 unspecified atom stereocenters. The molecule has 3 heteroatoms. The summed E-state index contributed by atoms with van der Waals surface area (Å²) in [5.41, 5.74) is 2.64. The second-order valence-electron chi connectivity index (χ2n) is 6.88. The van der Waals surface area contributed by atoms with Gasteiger partial charge in [0.05, 0.1) is 12.1 Å². The van der Waals surface area contributed by atoms with E-state index in [-0.39, 0.29) is 23.8 Å². The van der Waals surface area contributed by atoms with Crippen molar-refractivity contribution in [1.82, 2.24) is 4.90 Å². The van der Waals surface area contributed by atoms with E-state index in [2.05, 4.69) is 0 Å². The van der Waals surface area contributed by atoms with E-state index in [9.17, 15) is 9.59 Å². The average Bonchev–Trinajstić information content (AvgIpc) is 2.74. The fraction of sp³-hybridized carbons (Fsp3) is 0.167. The van der Waals surface area contributed by atoms with E-state index in [4.69, 9.17) is 0 Å². The number of carbonyl (C=O) groups is 2. The lowest BCUT2D eigenvalue weighted by Crippen LogP contribution is -2.43. The number of likely N-dealkylation sites (tertiary alicyclic amines) is 1. The van der Waals surface area contributed by atoms with Crippen LogP contribution in [0.5, 0.6) is 0 Å². The first-order chi connectivity index (χ1) is 13.2. The summed E-state index contributed by atoms with van der Waals surface area (Å²) >= 11 is 0. The van der Waals surface area contributed by atoms with E-state index < -0.39 is 0 Å². The Labute approximate surface area is 159 Å². The van der Waals surface area contributed by atoms with Crippen molar-refractivity contribution in [1.29, 1.82) is 0 Å². The monoisotopic (exact) mass is 355 g/mol. The van der Waals surface area contributed by atoms with Crippen LogP contribution in [0.3, 0.4) is 0 Å². The van der Waals surface area contributed by atoms with Gasteiger partial charge in [0, 0.05) is 18.4 Å². The highest BCUT2D eigenvalue weighted by Gasteiger charge is 2.39. The van der Waals surface area contributed by atoms with Gasteiger partial charge in [-0.1, -0.05) is 78.9 Å². The predicted octanol–water partition coefficient (Wildman–Crippen LogP) is 4.97. The van der Waals surface area contributed by atoms with Gasteiger partial charge in [0.25, 0.3) is 5.91 Å². The van der Waals surface area contributed by atoms with Crippen LogP contribution in [0, 0.1) is 0 Å². The van der Waals surface area contributed by atoms with Gasteiger partial charge in [-0.2, -0.15) is 0 Å². The molecule has 1 aliphatic heterocycles. The minimum absolute atomic E-state index is 0.0363. The molecular formula is C24H21NO2. The SMILES string of the molecule is O=C1CC(c2ccccc2)N(C(=O)c2ccccc2)C(c2ccccc2)C1. The van der Waals surface area contributed by atoms with Gasteiger partial charge in [0.1, 0.15) is 5.78 Å². The molecule has 0 N–H and O–H groups in total. The van der Waals surface area contributed by atoms with Crippen molar-refractivity contribution in [2.75, 3.05) is 0 Å². The summed E-state index contributed by atoms with van der Waals surface area (Å²) in [5, 5.41) is 0. The van der Waals surface area contributed by atoms with Crippen LogP contribution in [0.2, 0.25) is 0 Å². The number of carbonyl (C=O) groups excluding carboxylic acids is 2. The van der Waals surface area contributed by atoms with Crippen LogP contribution in [-0.4, -0.2) is 16.6 Å². The van der Waals surface area contributed by atoms with E-state index in [1.807, 2.05) is 95.9 Å². The molecule has 1 heterocycles. The minimum atomic E-state index is -0.259. The van der Waals surface area contributed by atoms with Gasteiger partial charge in [-0.05, 0) is 23.3 Å². The Bertz CT molecular complexity index is 871. The van der Waals surface area contributed by atoms with Gasteiger partial charge in [-0.15, -0.1) is 0 Å². The molecule has 134 valence electrons. The largest absolute Gasteiger partial charge is 0.324 e. The van der Waals surface area contributed by atoms with Crippen LogP contribution in [0.4, 0.5) is 0 Å².